The minimum absolute atomic E-state index is 0.0923. The van der Waals surface area contributed by atoms with Gasteiger partial charge in [-0.1, -0.05) is 36.4 Å². The van der Waals surface area contributed by atoms with E-state index in [4.69, 9.17) is 5.73 Å². The number of phenolic OH excluding ortho intramolecular Hbond substituents is 1. The molecule has 27 heavy (non-hydrogen) atoms. The first kappa shape index (κ1) is 17.6. The van der Waals surface area contributed by atoms with Crippen LogP contribution < -0.4 is 5.73 Å². The number of hydrogen-bond donors (Lipinski definition) is 3. The summed E-state index contributed by atoms with van der Waals surface area (Å²) in [6, 6.07) is 12.1. The van der Waals surface area contributed by atoms with Crippen molar-refractivity contribution in [3.63, 3.8) is 0 Å². The lowest BCUT2D eigenvalue weighted by molar-refractivity contribution is 0.310. The van der Waals surface area contributed by atoms with E-state index in [2.05, 4.69) is 43.1 Å². The lowest BCUT2D eigenvalue weighted by Gasteiger charge is -2.54. The molecule has 2 bridgehead atoms. The Morgan fingerprint density at radius 2 is 1.59 bits per heavy atom. The summed E-state index contributed by atoms with van der Waals surface area (Å²) < 4.78 is 0. The molecule has 0 amide bonds. The van der Waals surface area contributed by atoms with Crippen molar-refractivity contribution >= 4 is 11.9 Å². The van der Waals surface area contributed by atoms with E-state index in [9.17, 15) is 10.2 Å². The molecule has 2 aromatic rings. The highest BCUT2D eigenvalue weighted by Gasteiger charge is 2.55. The molecule has 0 saturated carbocycles. The fourth-order valence-corrected chi connectivity index (χ4v) is 4.95. The predicted octanol–water partition coefficient (Wildman–Crippen LogP) is 3.81. The van der Waals surface area contributed by atoms with Gasteiger partial charge in [0.2, 0.25) is 0 Å². The zero-order valence-corrected chi connectivity index (χ0v) is 15.8. The molecule has 4 nitrogen and oxygen atoms in total. The number of aromatic hydroxyl groups is 1. The van der Waals surface area contributed by atoms with Crippen LogP contribution in [0.5, 0.6) is 5.75 Å². The van der Waals surface area contributed by atoms with Crippen molar-refractivity contribution in [3.8, 4) is 5.75 Å². The van der Waals surface area contributed by atoms with E-state index in [1.807, 2.05) is 25.1 Å². The van der Waals surface area contributed by atoms with Crippen LogP contribution in [0.1, 0.15) is 43.0 Å². The Hall–Kier alpha value is -2.85. The Kier molecular flexibility index (Phi) is 3.79. The molecular weight excluding hydrogens is 336 g/mol. The molecule has 2 aromatic carbocycles. The lowest BCUT2D eigenvalue weighted by atomic mass is 9.48. The van der Waals surface area contributed by atoms with Crippen molar-refractivity contribution in [2.24, 2.45) is 4.99 Å². The average Bonchev–Trinajstić information content (AvgIpc) is 2.66. The van der Waals surface area contributed by atoms with Crippen LogP contribution in [0.2, 0.25) is 0 Å². The van der Waals surface area contributed by atoms with Crippen molar-refractivity contribution in [2.45, 2.75) is 31.6 Å². The molecule has 4 heteroatoms. The molecule has 5 rings (SSSR count). The van der Waals surface area contributed by atoms with Gasteiger partial charge in [-0.25, -0.2) is 0 Å². The molecule has 0 heterocycles. The van der Waals surface area contributed by atoms with Crippen LogP contribution in [0.15, 0.2) is 64.7 Å². The lowest BCUT2D eigenvalue weighted by Crippen LogP contribution is -2.48. The molecule has 2 unspecified atom stereocenters. The second kappa shape index (κ2) is 5.83. The summed E-state index contributed by atoms with van der Waals surface area (Å²) >= 11 is 0. The topological polar surface area (TPSA) is 78.8 Å². The van der Waals surface area contributed by atoms with E-state index < -0.39 is 10.8 Å². The van der Waals surface area contributed by atoms with Crippen LogP contribution in [0.3, 0.4) is 0 Å². The largest absolute Gasteiger partial charge is 0.506 e. The normalized spacial score (nSPS) is 26.1. The monoisotopic (exact) mass is 360 g/mol. The molecule has 0 radical (unpaired) electrons. The fourth-order valence-electron chi connectivity index (χ4n) is 4.95. The standard InChI is InChI=1S/C23H24N2O2/c1-4-7-14-19(12-25-13-26)23(3)16-9-6-5-8-15(16)22(14,2)17-10-20(24)21(27)11-18(17)23/h4-12,26-27H,13,24H2,1-3H3/b7-4+,25-12?. The zero-order chi connectivity index (χ0) is 19.4. The molecule has 0 aromatic heterocycles. The molecular formula is C23H24N2O2. The van der Waals surface area contributed by atoms with Crippen LogP contribution in [0.25, 0.3) is 0 Å². The van der Waals surface area contributed by atoms with Crippen molar-refractivity contribution < 1.29 is 10.2 Å². The second-order valence-electron chi connectivity index (χ2n) is 7.53. The van der Waals surface area contributed by atoms with Crippen LogP contribution in [0.4, 0.5) is 5.69 Å². The minimum atomic E-state index is -0.498. The van der Waals surface area contributed by atoms with Crippen molar-refractivity contribution in [1.82, 2.24) is 0 Å². The first-order valence-electron chi connectivity index (χ1n) is 9.12. The first-order chi connectivity index (χ1) is 12.9. The third-order valence-corrected chi connectivity index (χ3v) is 6.25. The summed E-state index contributed by atoms with van der Waals surface area (Å²) in [4.78, 5) is 4.16. The third-order valence-electron chi connectivity index (χ3n) is 6.25. The number of phenols is 1. The predicted molar refractivity (Wildman–Crippen MR) is 109 cm³/mol. The van der Waals surface area contributed by atoms with Crippen molar-refractivity contribution in [2.75, 3.05) is 12.5 Å². The molecule has 0 spiro atoms. The number of nitrogens with zero attached hydrogens (tertiary/aromatic N) is 1. The van der Waals surface area contributed by atoms with Gasteiger partial charge in [-0.3, -0.25) is 4.99 Å². The number of rotatable bonds is 3. The van der Waals surface area contributed by atoms with Gasteiger partial charge in [-0.15, -0.1) is 0 Å². The summed E-state index contributed by atoms with van der Waals surface area (Å²) in [6.07, 6.45) is 5.93. The number of anilines is 1. The Morgan fingerprint density at radius 3 is 2.19 bits per heavy atom. The third kappa shape index (κ3) is 2.05. The maximum atomic E-state index is 10.4. The number of aliphatic imine (C=N–C) groups is 1. The summed E-state index contributed by atoms with van der Waals surface area (Å²) in [7, 11) is 0. The Bertz CT molecular complexity index is 1030. The molecule has 0 aliphatic heterocycles. The Morgan fingerprint density at radius 1 is 1.00 bits per heavy atom. The van der Waals surface area contributed by atoms with E-state index in [1.54, 1.807) is 12.3 Å². The molecule has 2 atom stereocenters. The number of aliphatic hydroxyl groups excluding tert-OH is 1. The smallest absolute Gasteiger partial charge is 0.138 e. The first-order valence-corrected chi connectivity index (χ1v) is 9.12. The van der Waals surface area contributed by atoms with Crippen LogP contribution in [-0.2, 0) is 10.8 Å². The molecule has 138 valence electrons. The van der Waals surface area contributed by atoms with Gasteiger partial charge < -0.3 is 15.9 Å². The van der Waals surface area contributed by atoms with E-state index in [1.165, 1.54) is 11.1 Å². The maximum Gasteiger partial charge on any atom is 0.138 e. The van der Waals surface area contributed by atoms with Crippen molar-refractivity contribution in [3.05, 3.63) is 82.0 Å². The maximum absolute atomic E-state index is 10.4. The molecule has 3 aliphatic rings. The molecule has 0 fully saturated rings. The molecule has 0 saturated heterocycles. The van der Waals surface area contributed by atoms with Gasteiger partial charge in [-0.2, -0.15) is 0 Å². The number of aliphatic hydroxyl groups is 1. The van der Waals surface area contributed by atoms with Crippen LogP contribution in [0, 0.1) is 0 Å². The summed E-state index contributed by atoms with van der Waals surface area (Å²) in [5.74, 6) is 0.0923. The summed E-state index contributed by atoms with van der Waals surface area (Å²) in [6.45, 7) is 6.09. The highest BCUT2D eigenvalue weighted by atomic mass is 16.3. The number of nitrogen functional groups attached to an aromatic ring is 1. The zero-order valence-electron chi connectivity index (χ0n) is 15.8. The highest BCUT2D eigenvalue weighted by Crippen LogP contribution is 2.62. The quantitative estimate of drug-likeness (QED) is 0.442. The van der Waals surface area contributed by atoms with Gasteiger partial charge in [0.05, 0.1) is 5.69 Å². The highest BCUT2D eigenvalue weighted by molar-refractivity contribution is 5.93. The SMILES string of the molecule is C/C=C/C1=C(C=NCO)C2(C)c3ccccc3C1(C)c1cc(N)c(O)cc12. The number of hydrogen-bond acceptors (Lipinski definition) is 4. The van der Waals surface area contributed by atoms with E-state index >= 15 is 0 Å². The minimum Gasteiger partial charge on any atom is -0.506 e. The van der Waals surface area contributed by atoms with Gasteiger partial charge in [0.25, 0.3) is 0 Å². The number of benzene rings is 2. The van der Waals surface area contributed by atoms with Gasteiger partial charge in [0.1, 0.15) is 12.5 Å². The summed E-state index contributed by atoms with van der Waals surface area (Å²) in [5.41, 5.74) is 12.3. The molecule has 3 aliphatic carbocycles. The Labute approximate surface area is 159 Å². The second-order valence-corrected chi connectivity index (χ2v) is 7.53. The Balaban J connectivity index is 2.21. The van der Waals surface area contributed by atoms with E-state index in [-0.39, 0.29) is 12.5 Å². The summed E-state index contributed by atoms with van der Waals surface area (Å²) in [5, 5.41) is 19.7. The molecule has 4 N–H and O–H groups in total. The van der Waals surface area contributed by atoms with Gasteiger partial charge in [-0.05, 0) is 66.3 Å². The number of allylic oxidation sites excluding steroid dienone is 4. The van der Waals surface area contributed by atoms with Gasteiger partial charge in [0.15, 0.2) is 0 Å². The van der Waals surface area contributed by atoms with E-state index in [0.29, 0.717) is 5.69 Å². The van der Waals surface area contributed by atoms with E-state index in [0.717, 1.165) is 22.3 Å². The fraction of sp³-hybridized carbons (Fsp3) is 0.261. The average molecular weight is 360 g/mol. The number of nitrogens with two attached hydrogens (primary N) is 1. The van der Waals surface area contributed by atoms with Crippen molar-refractivity contribution in [1.29, 1.82) is 0 Å². The van der Waals surface area contributed by atoms with Crippen LogP contribution in [-0.4, -0.2) is 23.2 Å². The van der Waals surface area contributed by atoms with Crippen LogP contribution >= 0.6 is 0 Å². The van der Waals surface area contributed by atoms with Gasteiger partial charge >= 0.3 is 0 Å². The van der Waals surface area contributed by atoms with Gasteiger partial charge in [0, 0.05) is 17.0 Å².